The minimum absolute atomic E-state index is 0.117. The minimum atomic E-state index is -0.770. The number of hydrogen-bond acceptors (Lipinski definition) is 6. The molecule has 0 spiro atoms. The van der Waals surface area contributed by atoms with Crippen LogP contribution in [0.4, 0.5) is 10.6 Å². The van der Waals surface area contributed by atoms with Crippen LogP contribution in [0.5, 0.6) is 0 Å². The molecule has 0 aliphatic carbocycles. The summed E-state index contributed by atoms with van der Waals surface area (Å²) in [5.74, 6) is 0.0789. The molecule has 9 heteroatoms. The minimum Gasteiger partial charge on any atom is -0.444 e. The number of nitrogens with zero attached hydrogens (tertiary/aromatic N) is 3. The molecule has 1 aliphatic heterocycles. The van der Waals surface area contributed by atoms with E-state index >= 15 is 0 Å². The molecule has 8 nitrogen and oxygen atoms in total. The molecule has 3 aromatic rings. The smallest absolute Gasteiger partial charge is 0.411 e. The molecule has 1 N–H and O–H groups in total. The van der Waals surface area contributed by atoms with Gasteiger partial charge >= 0.3 is 6.09 Å². The van der Waals surface area contributed by atoms with Crippen LogP contribution < -0.4 is 5.32 Å². The van der Waals surface area contributed by atoms with Crippen molar-refractivity contribution in [1.82, 2.24) is 14.3 Å². The highest BCUT2D eigenvalue weighted by atomic mass is 32.1. The number of fused-ring (bicyclic) bond motifs is 1. The van der Waals surface area contributed by atoms with Crippen LogP contribution in [0.1, 0.15) is 20.8 Å². The number of imidazole rings is 1. The first-order valence-electron chi connectivity index (χ1n) is 9.72. The monoisotopic (exact) mass is 428 g/mol. The summed E-state index contributed by atoms with van der Waals surface area (Å²) >= 11 is 1.54. The molecular weight excluding hydrogens is 404 g/mol. The van der Waals surface area contributed by atoms with Crippen LogP contribution in [-0.2, 0) is 14.3 Å². The largest absolute Gasteiger partial charge is 0.444 e. The molecule has 3 heterocycles. The highest BCUT2D eigenvalue weighted by molar-refractivity contribution is 7.20. The van der Waals surface area contributed by atoms with Gasteiger partial charge in [-0.25, -0.2) is 9.78 Å². The SMILES string of the molecule is CC(C)(C)OC(=O)N1CCOCC1C(=O)Nc1cn2cc(-c3ccccc3)sc2n1. The second kappa shape index (κ2) is 8.08. The van der Waals surface area contributed by atoms with E-state index in [1.807, 2.05) is 40.9 Å². The van der Waals surface area contributed by atoms with Crippen LogP contribution in [0.15, 0.2) is 42.7 Å². The summed E-state index contributed by atoms with van der Waals surface area (Å²) in [6.45, 7) is 6.16. The molecule has 1 aromatic carbocycles. The van der Waals surface area contributed by atoms with Gasteiger partial charge in [-0.15, -0.1) is 0 Å². The Balaban J connectivity index is 1.47. The molecule has 0 radical (unpaired) electrons. The van der Waals surface area contributed by atoms with E-state index < -0.39 is 17.7 Å². The average Bonchev–Trinajstić information content (AvgIpc) is 3.26. The van der Waals surface area contributed by atoms with Crippen molar-refractivity contribution < 1.29 is 19.1 Å². The van der Waals surface area contributed by atoms with Crippen molar-refractivity contribution in [3.63, 3.8) is 0 Å². The molecule has 2 amide bonds. The Morgan fingerprint density at radius 1 is 1.23 bits per heavy atom. The molecule has 30 heavy (non-hydrogen) atoms. The Bertz CT molecular complexity index is 1020. The first-order valence-corrected chi connectivity index (χ1v) is 10.5. The second-order valence-electron chi connectivity index (χ2n) is 8.03. The predicted molar refractivity (Wildman–Crippen MR) is 115 cm³/mol. The van der Waals surface area contributed by atoms with Crippen LogP contribution >= 0.6 is 11.3 Å². The number of morpholine rings is 1. The molecule has 1 atom stereocenters. The summed E-state index contributed by atoms with van der Waals surface area (Å²) in [4.78, 5) is 33.1. The van der Waals surface area contributed by atoms with Crippen LogP contribution in [0.2, 0.25) is 0 Å². The standard InChI is InChI=1S/C21H24N4O4S/c1-21(2,3)29-20(27)25-9-10-28-13-15(25)18(26)22-17-12-24-11-16(30-19(24)23-17)14-7-5-4-6-8-14/h4-8,11-12,15H,9-10,13H2,1-3H3,(H,22,26). The summed E-state index contributed by atoms with van der Waals surface area (Å²) in [6.07, 6.45) is 3.22. The van der Waals surface area contributed by atoms with E-state index in [1.165, 1.54) is 16.2 Å². The number of thiazole rings is 1. The molecule has 2 aromatic heterocycles. The number of amides is 2. The van der Waals surface area contributed by atoms with Crippen molar-refractivity contribution >= 4 is 34.1 Å². The van der Waals surface area contributed by atoms with Crippen molar-refractivity contribution in [2.24, 2.45) is 0 Å². The summed E-state index contributed by atoms with van der Waals surface area (Å²) in [5.41, 5.74) is 0.479. The van der Waals surface area contributed by atoms with Crippen LogP contribution in [0, 0.1) is 0 Å². The Morgan fingerprint density at radius 3 is 2.70 bits per heavy atom. The maximum absolute atomic E-state index is 12.8. The molecule has 4 rings (SSSR count). The summed E-state index contributed by atoms with van der Waals surface area (Å²) in [7, 11) is 0. The average molecular weight is 429 g/mol. The van der Waals surface area contributed by atoms with E-state index in [9.17, 15) is 9.59 Å². The Hall–Kier alpha value is -2.91. The fourth-order valence-corrected chi connectivity index (χ4v) is 4.13. The van der Waals surface area contributed by atoms with Crippen molar-refractivity contribution in [3.8, 4) is 10.4 Å². The number of benzene rings is 1. The lowest BCUT2D eigenvalue weighted by Gasteiger charge is -2.35. The molecule has 0 saturated carbocycles. The fourth-order valence-electron chi connectivity index (χ4n) is 3.16. The zero-order chi connectivity index (χ0) is 21.3. The number of nitrogens with one attached hydrogen (secondary N) is 1. The third-order valence-corrected chi connectivity index (χ3v) is 5.57. The van der Waals surface area contributed by atoms with Gasteiger partial charge in [-0.05, 0) is 26.3 Å². The molecular formula is C21H24N4O4S. The van der Waals surface area contributed by atoms with Crippen molar-refractivity contribution in [3.05, 3.63) is 42.7 Å². The van der Waals surface area contributed by atoms with Gasteiger partial charge in [0.05, 0.1) is 24.3 Å². The zero-order valence-electron chi connectivity index (χ0n) is 17.1. The first kappa shape index (κ1) is 20.4. The molecule has 1 unspecified atom stereocenters. The maximum atomic E-state index is 12.8. The van der Waals surface area contributed by atoms with E-state index in [0.717, 1.165) is 15.4 Å². The fraction of sp³-hybridized carbons (Fsp3) is 0.381. The number of hydrogen-bond donors (Lipinski definition) is 1. The van der Waals surface area contributed by atoms with Crippen molar-refractivity contribution in [2.45, 2.75) is 32.4 Å². The third kappa shape index (κ3) is 4.47. The molecule has 1 fully saturated rings. The van der Waals surface area contributed by atoms with Gasteiger partial charge in [0.1, 0.15) is 11.6 Å². The number of carbonyl (C=O) groups is 2. The Kier molecular flexibility index (Phi) is 5.48. The van der Waals surface area contributed by atoms with E-state index in [2.05, 4.69) is 10.3 Å². The summed E-state index contributed by atoms with van der Waals surface area (Å²) < 4.78 is 12.7. The topological polar surface area (TPSA) is 85.2 Å². The van der Waals surface area contributed by atoms with E-state index in [0.29, 0.717) is 19.0 Å². The molecule has 158 valence electrons. The van der Waals surface area contributed by atoms with Gasteiger partial charge < -0.3 is 14.8 Å². The zero-order valence-corrected chi connectivity index (χ0v) is 17.9. The highest BCUT2D eigenvalue weighted by Crippen LogP contribution is 2.29. The van der Waals surface area contributed by atoms with Crippen LogP contribution in [0.25, 0.3) is 15.4 Å². The molecule has 1 saturated heterocycles. The first-order chi connectivity index (χ1) is 14.3. The van der Waals surface area contributed by atoms with Crippen LogP contribution in [0.3, 0.4) is 0 Å². The van der Waals surface area contributed by atoms with E-state index in [4.69, 9.17) is 9.47 Å². The van der Waals surface area contributed by atoms with Gasteiger partial charge in [0.2, 0.25) is 0 Å². The lowest BCUT2D eigenvalue weighted by atomic mass is 10.2. The number of ether oxygens (including phenoxy) is 2. The third-order valence-electron chi connectivity index (χ3n) is 4.52. The lowest BCUT2D eigenvalue weighted by Crippen LogP contribution is -2.55. The number of aromatic nitrogens is 2. The van der Waals surface area contributed by atoms with Gasteiger partial charge in [0.15, 0.2) is 10.8 Å². The maximum Gasteiger partial charge on any atom is 0.411 e. The quantitative estimate of drug-likeness (QED) is 0.689. The summed E-state index contributed by atoms with van der Waals surface area (Å²) in [5, 5.41) is 2.80. The van der Waals surface area contributed by atoms with Crippen LogP contribution in [-0.4, -0.2) is 57.7 Å². The van der Waals surface area contributed by atoms with Gasteiger partial charge in [-0.3, -0.25) is 14.1 Å². The van der Waals surface area contributed by atoms with Crippen molar-refractivity contribution in [2.75, 3.05) is 25.1 Å². The highest BCUT2D eigenvalue weighted by Gasteiger charge is 2.35. The number of carbonyl (C=O) groups excluding carboxylic acids is 2. The van der Waals surface area contributed by atoms with Gasteiger partial charge in [-0.1, -0.05) is 41.7 Å². The number of rotatable bonds is 3. The normalized spacial score (nSPS) is 17.2. The number of anilines is 1. The van der Waals surface area contributed by atoms with Gasteiger partial charge in [0.25, 0.3) is 5.91 Å². The van der Waals surface area contributed by atoms with Gasteiger partial charge in [-0.2, -0.15) is 0 Å². The van der Waals surface area contributed by atoms with Gasteiger partial charge in [0, 0.05) is 12.7 Å². The van der Waals surface area contributed by atoms with Crippen molar-refractivity contribution in [1.29, 1.82) is 0 Å². The predicted octanol–water partition coefficient (Wildman–Crippen LogP) is 3.64. The summed E-state index contributed by atoms with van der Waals surface area (Å²) in [6, 6.07) is 9.28. The van der Waals surface area contributed by atoms with E-state index in [-0.39, 0.29) is 12.5 Å². The lowest BCUT2D eigenvalue weighted by molar-refractivity contribution is -0.127. The Labute approximate surface area is 178 Å². The Morgan fingerprint density at radius 2 is 2.00 bits per heavy atom. The molecule has 1 aliphatic rings. The second-order valence-corrected chi connectivity index (χ2v) is 9.04. The van der Waals surface area contributed by atoms with E-state index in [1.54, 1.807) is 27.0 Å². The molecule has 0 bridgehead atoms.